The Balaban J connectivity index is 2.03. The molecule has 2 aromatic rings. The van der Waals surface area contributed by atoms with Gasteiger partial charge in [0, 0.05) is 11.7 Å². The molecule has 3 N–H and O–H groups in total. The number of carbonyl (C=O) groups is 1. The average Bonchev–Trinajstić information content (AvgIpc) is 2.42. The van der Waals surface area contributed by atoms with Gasteiger partial charge in [-0.2, -0.15) is 0 Å². The Labute approximate surface area is 126 Å². The van der Waals surface area contributed by atoms with E-state index in [4.69, 9.17) is 5.73 Å². The molecule has 0 aromatic heterocycles. The number of hydrogen-bond donors (Lipinski definition) is 2. The first-order valence-electron chi connectivity index (χ1n) is 7.19. The minimum Gasteiger partial charge on any atom is -0.398 e. The summed E-state index contributed by atoms with van der Waals surface area (Å²) >= 11 is 0. The van der Waals surface area contributed by atoms with Crippen LogP contribution < -0.4 is 11.1 Å². The van der Waals surface area contributed by atoms with Crippen LogP contribution in [0.15, 0.2) is 42.5 Å². The molecule has 0 aliphatic carbocycles. The Morgan fingerprint density at radius 3 is 2.57 bits per heavy atom. The number of amides is 1. The maximum atomic E-state index is 12.2. The van der Waals surface area contributed by atoms with Crippen molar-refractivity contribution in [3.63, 3.8) is 0 Å². The molecule has 2 aromatic carbocycles. The van der Waals surface area contributed by atoms with Crippen LogP contribution in [0, 0.1) is 13.8 Å². The second-order valence-electron chi connectivity index (χ2n) is 5.60. The van der Waals surface area contributed by atoms with E-state index in [0.717, 1.165) is 6.42 Å². The quantitative estimate of drug-likeness (QED) is 0.846. The summed E-state index contributed by atoms with van der Waals surface area (Å²) in [5.41, 5.74) is 10.6. The van der Waals surface area contributed by atoms with Gasteiger partial charge in [-0.3, -0.25) is 4.79 Å². The van der Waals surface area contributed by atoms with E-state index in [0.29, 0.717) is 11.3 Å². The molecule has 0 aliphatic rings. The van der Waals surface area contributed by atoms with Crippen LogP contribution >= 0.6 is 0 Å². The van der Waals surface area contributed by atoms with Gasteiger partial charge in [0.2, 0.25) is 0 Å². The predicted octanol–water partition coefficient (Wildman–Crippen LogP) is 3.25. The van der Waals surface area contributed by atoms with Gasteiger partial charge in [-0.05, 0) is 50.5 Å². The summed E-state index contributed by atoms with van der Waals surface area (Å²) < 4.78 is 0. The van der Waals surface area contributed by atoms with Crippen molar-refractivity contribution in [1.82, 2.24) is 5.32 Å². The monoisotopic (exact) mass is 282 g/mol. The lowest BCUT2D eigenvalue weighted by atomic mass is 9.99. The van der Waals surface area contributed by atoms with E-state index in [1.165, 1.54) is 16.7 Å². The van der Waals surface area contributed by atoms with Gasteiger partial charge >= 0.3 is 0 Å². The molecule has 0 spiro atoms. The van der Waals surface area contributed by atoms with Crippen LogP contribution in [0.1, 0.15) is 34.0 Å². The standard InChI is InChI=1S/C18H22N2O/c1-12-8-9-15(13(2)10-12)11-14(3)20-18(21)16-6-4-5-7-17(16)19/h4-10,14H,11,19H2,1-3H3,(H,20,21). The van der Waals surface area contributed by atoms with Crippen molar-refractivity contribution in [1.29, 1.82) is 0 Å². The van der Waals surface area contributed by atoms with Gasteiger partial charge < -0.3 is 11.1 Å². The molecule has 1 atom stereocenters. The number of anilines is 1. The molecule has 21 heavy (non-hydrogen) atoms. The molecule has 1 amide bonds. The number of aryl methyl sites for hydroxylation is 2. The van der Waals surface area contributed by atoms with Crippen molar-refractivity contribution < 1.29 is 4.79 Å². The number of benzene rings is 2. The van der Waals surface area contributed by atoms with Crippen LogP contribution in [0.4, 0.5) is 5.69 Å². The molecule has 3 heteroatoms. The summed E-state index contributed by atoms with van der Waals surface area (Å²) in [6, 6.07) is 13.6. The van der Waals surface area contributed by atoms with E-state index in [1.807, 2.05) is 19.1 Å². The summed E-state index contributed by atoms with van der Waals surface area (Å²) in [4.78, 5) is 12.2. The molecular formula is C18H22N2O. The third kappa shape index (κ3) is 3.85. The highest BCUT2D eigenvalue weighted by atomic mass is 16.1. The van der Waals surface area contributed by atoms with E-state index in [2.05, 4.69) is 37.4 Å². The van der Waals surface area contributed by atoms with Crippen LogP contribution in [0.3, 0.4) is 0 Å². The van der Waals surface area contributed by atoms with Crippen molar-refractivity contribution >= 4 is 11.6 Å². The van der Waals surface area contributed by atoms with Gasteiger partial charge in [0.1, 0.15) is 0 Å². The van der Waals surface area contributed by atoms with Crippen molar-refractivity contribution in [3.8, 4) is 0 Å². The fourth-order valence-corrected chi connectivity index (χ4v) is 2.46. The molecule has 0 heterocycles. The molecular weight excluding hydrogens is 260 g/mol. The van der Waals surface area contributed by atoms with Gasteiger partial charge in [-0.1, -0.05) is 35.9 Å². The highest BCUT2D eigenvalue weighted by Crippen LogP contribution is 2.14. The number of hydrogen-bond acceptors (Lipinski definition) is 2. The Kier molecular flexibility index (Phi) is 4.63. The van der Waals surface area contributed by atoms with Crippen molar-refractivity contribution in [3.05, 3.63) is 64.7 Å². The Hall–Kier alpha value is -2.29. The molecule has 3 nitrogen and oxygen atoms in total. The summed E-state index contributed by atoms with van der Waals surface area (Å²) in [5.74, 6) is -0.120. The number of carbonyl (C=O) groups excluding carboxylic acids is 1. The lowest BCUT2D eigenvalue weighted by Gasteiger charge is -2.16. The molecule has 110 valence electrons. The number of nitrogens with one attached hydrogen (secondary N) is 1. The number of para-hydroxylation sites is 1. The molecule has 0 bridgehead atoms. The molecule has 0 radical (unpaired) electrons. The summed E-state index contributed by atoms with van der Waals surface area (Å²) in [5, 5.41) is 3.01. The van der Waals surface area contributed by atoms with Crippen molar-refractivity contribution in [2.24, 2.45) is 0 Å². The molecule has 2 rings (SSSR count). The van der Waals surface area contributed by atoms with Gasteiger partial charge in [0.15, 0.2) is 0 Å². The minimum absolute atomic E-state index is 0.0542. The zero-order valence-electron chi connectivity index (χ0n) is 12.8. The van der Waals surface area contributed by atoms with Crippen molar-refractivity contribution in [2.75, 3.05) is 5.73 Å². The highest BCUT2D eigenvalue weighted by Gasteiger charge is 2.13. The largest absolute Gasteiger partial charge is 0.398 e. The van der Waals surface area contributed by atoms with E-state index < -0.39 is 0 Å². The van der Waals surface area contributed by atoms with E-state index >= 15 is 0 Å². The van der Waals surface area contributed by atoms with Gasteiger partial charge in [-0.25, -0.2) is 0 Å². The zero-order valence-corrected chi connectivity index (χ0v) is 12.8. The maximum Gasteiger partial charge on any atom is 0.253 e. The van der Waals surface area contributed by atoms with Crippen LogP contribution in [0.5, 0.6) is 0 Å². The number of nitrogen functional groups attached to an aromatic ring is 1. The average molecular weight is 282 g/mol. The van der Waals surface area contributed by atoms with Crippen LogP contribution in [0.2, 0.25) is 0 Å². The normalized spacial score (nSPS) is 12.0. The Morgan fingerprint density at radius 2 is 1.90 bits per heavy atom. The topological polar surface area (TPSA) is 55.1 Å². The molecule has 0 fully saturated rings. The van der Waals surface area contributed by atoms with Crippen LogP contribution in [0.25, 0.3) is 0 Å². The minimum atomic E-state index is -0.120. The Morgan fingerprint density at radius 1 is 1.19 bits per heavy atom. The summed E-state index contributed by atoms with van der Waals surface area (Å²) in [6.07, 6.45) is 0.810. The van der Waals surface area contributed by atoms with E-state index in [1.54, 1.807) is 12.1 Å². The predicted molar refractivity (Wildman–Crippen MR) is 87.4 cm³/mol. The second-order valence-corrected chi connectivity index (χ2v) is 5.60. The molecule has 1 unspecified atom stereocenters. The van der Waals surface area contributed by atoms with Crippen LogP contribution in [-0.2, 0) is 6.42 Å². The van der Waals surface area contributed by atoms with Crippen LogP contribution in [-0.4, -0.2) is 11.9 Å². The maximum absolute atomic E-state index is 12.2. The number of nitrogens with two attached hydrogens (primary N) is 1. The van der Waals surface area contributed by atoms with Crippen molar-refractivity contribution in [2.45, 2.75) is 33.2 Å². The SMILES string of the molecule is Cc1ccc(CC(C)NC(=O)c2ccccc2N)c(C)c1. The lowest BCUT2D eigenvalue weighted by Crippen LogP contribution is -2.34. The Bertz CT molecular complexity index is 649. The van der Waals surface area contributed by atoms with E-state index in [-0.39, 0.29) is 11.9 Å². The zero-order chi connectivity index (χ0) is 15.4. The highest BCUT2D eigenvalue weighted by molar-refractivity contribution is 5.99. The first-order chi connectivity index (χ1) is 9.97. The number of rotatable bonds is 4. The molecule has 0 aliphatic heterocycles. The van der Waals surface area contributed by atoms with Gasteiger partial charge in [0.05, 0.1) is 5.56 Å². The first-order valence-corrected chi connectivity index (χ1v) is 7.19. The fourth-order valence-electron chi connectivity index (χ4n) is 2.46. The van der Waals surface area contributed by atoms with Gasteiger partial charge in [-0.15, -0.1) is 0 Å². The first kappa shape index (κ1) is 15.1. The third-order valence-electron chi connectivity index (χ3n) is 3.61. The summed E-state index contributed by atoms with van der Waals surface area (Å²) in [7, 11) is 0. The third-order valence-corrected chi connectivity index (χ3v) is 3.61. The molecule has 0 saturated heterocycles. The fraction of sp³-hybridized carbons (Fsp3) is 0.278. The smallest absolute Gasteiger partial charge is 0.253 e. The lowest BCUT2D eigenvalue weighted by molar-refractivity contribution is 0.0941. The second kappa shape index (κ2) is 6.44. The summed E-state index contributed by atoms with van der Waals surface area (Å²) in [6.45, 7) is 6.20. The van der Waals surface area contributed by atoms with E-state index in [9.17, 15) is 4.79 Å². The van der Waals surface area contributed by atoms with Gasteiger partial charge in [0.25, 0.3) is 5.91 Å². The molecule has 0 saturated carbocycles.